The van der Waals surface area contributed by atoms with Gasteiger partial charge in [0.15, 0.2) is 0 Å². The Labute approximate surface area is 205 Å². The molecule has 3 nitrogen and oxygen atoms in total. The molecule has 0 radical (unpaired) electrons. The van der Waals surface area contributed by atoms with E-state index < -0.39 is 23.4 Å². The van der Waals surface area contributed by atoms with Crippen LogP contribution in [0.3, 0.4) is 0 Å². The van der Waals surface area contributed by atoms with E-state index in [2.05, 4.69) is 6.92 Å². The van der Waals surface area contributed by atoms with Crippen molar-refractivity contribution in [1.29, 1.82) is 0 Å². The molecule has 198 valence electrons. The maximum atomic E-state index is 14.2. The molecular formula is C28H47F3O3. The highest BCUT2D eigenvalue weighted by molar-refractivity contribution is 5.20. The Hall–Kier alpha value is -1.11. The molecule has 1 unspecified atom stereocenters. The summed E-state index contributed by atoms with van der Waals surface area (Å²) in [7, 11) is 0. The summed E-state index contributed by atoms with van der Waals surface area (Å²) in [5.41, 5.74) is -0.0660. The third-order valence-electron chi connectivity index (χ3n) is 6.01. The molecule has 6 heteroatoms. The molecule has 1 rings (SSSR count). The van der Waals surface area contributed by atoms with Gasteiger partial charge < -0.3 is 14.2 Å². The summed E-state index contributed by atoms with van der Waals surface area (Å²) in [4.78, 5) is 0. The Morgan fingerprint density at radius 2 is 1.12 bits per heavy atom. The van der Waals surface area contributed by atoms with Crippen molar-refractivity contribution in [3.8, 4) is 0 Å². The third-order valence-corrected chi connectivity index (χ3v) is 6.01. The summed E-state index contributed by atoms with van der Waals surface area (Å²) in [6, 6.07) is 1.49. The van der Waals surface area contributed by atoms with Gasteiger partial charge >= 0.3 is 0 Å². The lowest BCUT2D eigenvalue weighted by Gasteiger charge is -2.40. The van der Waals surface area contributed by atoms with E-state index >= 15 is 0 Å². The number of hydrogen-bond donors (Lipinski definition) is 0. The van der Waals surface area contributed by atoms with E-state index in [1.165, 1.54) is 25.7 Å². The summed E-state index contributed by atoms with van der Waals surface area (Å²) in [6.45, 7) is 9.90. The quantitative estimate of drug-likeness (QED) is 0.128. The highest BCUT2D eigenvalue weighted by atomic mass is 19.1. The smallest absolute Gasteiger partial charge is 0.285 e. The molecule has 0 aliphatic carbocycles. The SMILES string of the molecule is CCCCCCCCC(CCCc1c(F)cc(F)cc1F)C(OCCC)(OCCC)OCCC. The zero-order valence-electron chi connectivity index (χ0n) is 21.9. The van der Waals surface area contributed by atoms with Gasteiger partial charge in [0, 0.05) is 23.6 Å². The van der Waals surface area contributed by atoms with Crippen LogP contribution in [-0.2, 0) is 20.6 Å². The van der Waals surface area contributed by atoms with Gasteiger partial charge in [-0.1, -0.05) is 66.2 Å². The van der Waals surface area contributed by atoms with Crippen molar-refractivity contribution < 1.29 is 27.4 Å². The standard InChI is InChI=1S/C28H47F3O3/c1-5-9-10-11-12-13-15-23(16-14-17-25-26(30)21-24(29)22-27(25)31)28(32-18-6-2,33-19-7-3)34-20-8-4/h21-23H,5-20H2,1-4H3. The first kappa shape index (κ1) is 30.9. The minimum absolute atomic E-state index is 0.0603. The van der Waals surface area contributed by atoms with Crippen LogP contribution in [0.1, 0.15) is 110 Å². The van der Waals surface area contributed by atoms with Crippen molar-refractivity contribution in [2.75, 3.05) is 19.8 Å². The molecule has 0 N–H and O–H groups in total. The maximum Gasteiger partial charge on any atom is 0.285 e. The zero-order chi connectivity index (χ0) is 25.2. The minimum Gasteiger partial charge on any atom is -0.327 e. The van der Waals surface area contributed by atoms with Crippen LogP contribution in [0.4, 0.5) is 13.2 Å². The molecular weight excluding hydrogens is 441 g/mol. The van der Waals surface area contributed by atoms with E-state index in [1.54, 1.807) is 0 Å². The molecule has 0 fully saturated rings. The number of hydrogen-bond acceptors (Lipinski definition) is 3. The molecule has 34 heavy (non-hydrogen) atoms. The van der Waals surface area contributed by atoms with Gasteiger partial charge in [-0.05, 0) is 44.9 Å². The van der Waals surface area contributed by atoms with Crippen molar-refractivity contribution in [3.05, 3.63) is 35.1 Å². The Balaban J connectivity index is 3.00. The van der Waals surface area contributed by atoms with Crippen molar-refractivity contribution in [2.45, 2.75) is 117 Å². The fourth-order valence-corrected chi connectivity index (χ4v) is 4.22. The monoisotopic (exact) mass is 488 g/mol. The predicted molar refractivity (Wildman–Crippen MR) is 132 cm³/mol. The molecule has 1 atom stereocenters. The van der Waals surface area contributed by atoms with Gasteiger partial charge in [-0.15, -0.1) is 0 Å². The molecule has 0 heterocycles. The van der Waals surface area contributed by atoms with Gasteiger partial charge in [0.05, 0.1) is 19.8 Å². The normalized spacial score (nSPS) is 12.9. The first-order valence-electron chi connectivity index (χ1n) is 13.5. The van der Waals surface area contributed by atoms with E-state index in [1.807, 2.05) is 20.8 Å². The lowest BCUT2D eigenvalue weighted by atomic mass is 9.91. The number of benzene rings is 1. The molecule has 0 aromatic heterocycles. The Kier molecular flexibility index (Phi) is 16.6. The Bertz CT molecular complexity index is 609. The van der Waals surface area contributed by atoms with Crippen LogP contribution in [0, 0.1) is 23.4 Å². The van der Waals surface area contributed by atoms with E-state index in [0.717, 1.165) is 50.7 Å². The van der Waals surface area contributed by atoms with E-state index in [9.17, 15) is 13.2 Å². The highest BCUT2D eigenvalue weighted by Gasteiger charge is 2.42. The lowest BCUT2D eigenvalue weighted by Crippen LogP contribution is -2.47. The molecule has 0 saturated carbocycles. The third kappa shape index (κ3) is 11.1. The van der Waals surface area contributed by atoms with Crippen molar-refractivity contribution in [2.24, 2.45) is 5.92 Å². The largest absolute Gasteiger partial charge is 0.327 e. The van der Waals surface area contributed by atoms with Gasteiger partial charge in [-0.2, -0.15) is 0 Å². The Morgan fingerprint density at radius 1 is 0.647 bits per heavy atom. The predicted octanol–water partition coefficient (Wildman–Crippen LogP) is 8.73. The van der Waals surface area contributed by atoms with Gasteiger partial charge in [0.2, 0.25) is 0 Å². The lowest BCUT2D eigenvalue weighted by molar-refractivity contribution is -0.406. The second-order valence-electron chi connectivity index (χ2n) is 9.14. The maximum absolute atomic E-state index is 14.2. The molecule has 0 aliphatic rings. The van der Waals surface area contributed by atoms with Gasteiger partial charge in [-0.25, -0.2) is 13.2 Å². The number of ether oxygens (including phenoxy) is 3. The van der Waals surface area contributed by atoms with Crippen LogP contribution in [0.25, 0.3) is 0 Å². The molecule has 0 saturated heterocycles. The Morgan fingerprint density at radius 3 is 1.62 bits per heavy atom. The van der Waals surface area contributed by atoms with Gasteiger partial charge in [0.25, 0.3) is 5.97 Å². The summed E-state index contributed by atoms with van der Waals surface area (Å²) in [5.74, 6) is -3.76. The van der Waals surface area contributed by atoms with E-state index in [4.69, 9.17) is 14.2 Å². The van der Waals surface area contributed by atoms with Crippen LogP contribution >= 0.6 is 0 Å². The summed E-state index contributed by atoms with van der Waals surface area (Å²) < 4.78 is 60.4. The van der Waals surface area contributed by atoms with Crippen LogP contribution in [0.2, 0.25) is 0 Å². The second-order valence-corrected chi connectivity index (χ2v) is 9.14. The average Bonchev–Trinajstić information content (AvgIpc) is 2.81. The summed E-state index contributed by atoms with van der Waals surface area (Å²) >= 11 is 0. The zero-order valence-corrected chi connectivity index (χ0v) is 21.9. The van der Waals surface area contributed by atoms with Crippen molar-refractivity contribution >= 4 is 0 Å². The first-order chi connectivity index (χ1) is 16.4. The number of halogens is 3. The second kappa shape index (κ2) is 18.2. The van der Waals surface area contributed by atoms with E-state index in [0.29, 0.717) is 32.7 Å². The van der Waals surface area contributed by atoms with Crippen molar-refractivity contribution in [3.63, 3.8) is 0 Å². The number of rotatable bonds is 21. The fraction of sp³-hybridized carbons (Fsp3) is 0.786. The molecule has 1 aromatic carbocycles. The van der Waals surface area contributed by atoms with E-state index in [-0.39, 0.29) is 17.9 Å². The first-order valence-corrected chi connectivity index (χ1v) is 13.5. The minimum atomic E-state index is -1.15. The van der Waals surface area contributed by atoms with Crippen LogP contribution in [0.5, 0.6) is 0 Å². The molecule has 0 aliphatic heterocycles. The fourth-order valence-electron chi connectivity index (χ4n) is 4.22. The number of unbranched alkanes of at least 4 members (excludes halogenated alkanes) is 5. The van der Waals surface area contributed by atoms with Crippen LogP contribution in [-0.4, -0.2) is 25.8 Å². The van der Waals surface area contributed by atoms with Crippen LogP contribution < -0.4 is 0 Å². The molecule has 0 spiro atoms. The average molecular weight is 489 g/mol. The summed E-state index contributed by atoms with van der Waals surface area (Å²) in [6.07, 6.45) is 11.8. The molecule has 1 aromatic rings. The molecule has 0 bridgehead atoms. The molecule has 0 amide bonds. The van der Waals surface area contributed by atoms with Crippen LogP contribution in [0.15, 0.2) is 12.1 Å². The topological polar surface area (TPSA) is 27.7 Å². The van der Waals surface area contributed by atoms with Gasteiger partial charge in [0.1, 0.15) is 17.5 Å². The highest BCUT2D eigenvalue weighted by Crippen LogP contribution is 2.35. The summed E-state index contributed by atoms with van der Waals surface area (Å²) in [5, 5.41) is 0. The van der Waals surface area contributed by atoms with Gasteiger partial charge in [-0.3, -0.25) is 0 Å². The van der Waals surface area contributed by atoms with Crippen molar-refractivity contribution in [1.82, 2.24) is 0 Å².